The fraction of sp³-hybridized carbons (Fsp3) is 0.613. The van der Waals surface area contributed by atoms with Crippen LogP contribution in [0.3, 0.4) is 0 Å². The number of fused-ring (bicyclic) bond motifs is 2. The number of rotatable bonds is 11. The quantitative estimate of drug-likeness (QED) is 0.328. The highest BCUT2D eigenvalue weighted by Crippen LogP contribution is 2.45. The molecule has 1 fully saturated rings. The molecule has 1 saturated heterocycles. The van der Waals surface area contributed by atoms with Crippen LogP contribution in [0.1, 0.15) is 38.8 Å². The Hall–Kier alpha value is -2.29. The Morgan fingerprint density at radius 2 is 1.86 bits per heavy atom. The largest absolute Gasteiger partial charge is 0.464 e. The average molecular weight is 696 g/mol. The summed E-state index contributed by atoms with van der Waals surface area (Å²) < 4.78 is 45.4. The first-order chi connectivity index (χ1) is 20.9. The highest BCUT2D eigenvalue weighted by Gasteiger charge is 2.40. The maximum Gasteiger partial charge on any atom is 0.367 e. The zero-order valence-corrected chi connectivity index (χ0v) is 28.6. The van der Waals surface area contributed by atoms with E-state index in [-0.39, 0.29) is 31.1 Å². The van der Waals surface area contributed by atoms with E-state index in [1.807, 2.05) is 37.9 Å². The second kappa shape index (κ2) is 13.2. The van der Waals surface area contributed by atoms with Crippen LogP contribution >= 0.6 is 15.9 Å². The molecule has 1 aromatic carbocycles. The van der Waals surface area contributed by atoms with Gasteiger partial charge in [-0.2, -0.15) is 8.42 Å². The Morgan fingerprint density at radius 3 is 2.55 bits per heavy atom. The molecular weight excluding hydrogens is 652 g/mol. The summed E-state index contributed by atoms with van der Waals surface area (Å²) in [4.78, 5) is 32.4. The molecule has 242 valence electrons. The molecule has 0 bridgehead atoms. The van der Waals surface area contributed by atoms with Crippen molar-refractivity contribution in [2.45, 2.75) is 40.2 Å². The van der Waals surface area contributed by atoms with Crippen LogP contribution < -0.4 is 0 Å². The molecule has 5 rings (SSSR count). The predicted octanol–water partition coefficient (Wildman–Crippen LogP) is 3.15. The molecule has 3 heterocycles. The lowest BCUT2D eigenvalue weighted by Gasteiger charge is -2.40. The molecule has 2 aromatic rings. The van der Waals surface area contributed by atoms with Gasteiger partial charge in [0.05, 0.1) is 36.7 Å². The van der Waals surface area contributed by atoms with E-state index in [4.69, 9.17) is 13.7 Å². The summed E-state index contributed by atoms with van der Waals surface area (Å²) >= 11 is 3.59. The van der Waals surface area contributed by atoms with Gasteiger partial charge < -0.3 is 14.4 Å². The number of carbonyl (C=O) groups excluding carboxylic acids is 2. The highest BCUT2D eigenvalue weighted by atomic mass is 79.9. The minimum Gasteiger partial charge on any atom is -0.464 e. The van der Waals surface area contributed by atoms with Gasteiger partial charge in [-0.25, -0.2) is 3.97 Å². The Bertz CT molecular complexity index is 1540. The maximum absolute atomic E-state index is 13.7. The minimum atomic E-state index is -4.34. The number of benzene rings is 1. The Morgan fingerprint density at radius 1 is 1.16 bits per heavy atom. The number of esters is 1. The Kier molecular flexibility index (Phi) is 9.93. The monoisotopic (exact) mass is 694 g/mol. The van der Waals surface area contributed by atoms with E-state index in [9.17, 15) is 18.0 Å². The molecule has 1 aromatic heterocycles. The first-order valence-electron chi connectivity index (χ1n) is 15.3. The first-order valence-corrected chi connectivity index (χ1v) is 17.5. The van der Waals surface area contributed by atoms with Gasteiger partial charge in [0.2, 0.25) is 5.91 Å². The van der Waals surface area contributed by atoms with Crippen molar-refractivity contribution in [3.05, 3.63) is 40.0 Å². The van der Waals surface area contributed by atoms with Crippen molar-refractivity contribution in [1.29, 1.82) is 0 Å². The molecule has 0 N–H and O–H groups in total. The van der Waals surface area contributed by atoms with E-state index < -0.39 is 21.7 Å². The van der Waals surface area contributed by atoms with Crippen molar-refractivity contribution in [3.63, 3.8) is 0 Å². The van der Waals surface area contributed by atoms with Gasteiger partial charge in [-0.3, -0.25) is 23.6 Å². The summed E-state index contributed by atoms with van der Waals surface area (Å²) in [5.74, 6) is -0.703. The van der Waals surface area contributed by atoms with E-state index in [1.54, 1.807) is 19.9 Å². The minimum absolute atomic E-state index is 0.00390. The Balaban J connectivity index is 1.38. The van der Waals surface area contributed by atoms with Gasteiger partial charge in [0.25, 0.3) is 0 Å². The number of carbonyl (C=O) groups is 2. The van der Waals surface area contributed by atoms with Crippen molar-refractivity contribution in [2.24, 2.45) is 11.3 Å². The van der Waals surface area contributed by atoms with Gasteiger partial charge in [0, 0.05) is 50.7 Å². The van der Waals surface area contributed by atoms with Crippen LogP contribution in [-0.2, 0) is 40.0 Å². The summed E-state index contributed by atoms with van der Waals surface area (Å²) in [6.45, 7) is 12.4. The smallest absolute Gasteiger partial charge is 0.367 e. The van der Waals surface area contributed by atoms with Crippen molar-refractivity contribution >= 4 is 54.6 Å². The molecule has 0 saturated carbocycles. The molecule has 0 radical (unpaired) electrons. The summed E-state index contributed by atoms with van der Waals surface area (Å²) in [6, 6.07) is 5.57. The fourth-order valence-electron chi connectivity index (χ4n) is 6.33. The van der Waals surface area contributed by atoms with Crippen LogP contribution in [0.4, 0.5) is 0 Å². The zero-order chi connectivity index (χ0) is 31.8. The summed E-state index contributed by atoms with van der Waals surface area (Å²) in [5.41, 5.74) is 2.11. The number of amides is 1. The van der Waals surface area contributed by atoms with Gasteiger partial charge in [-0.05, 0) is 79.9 Å². The molecule has 2 aliphatic heterocycles. The molecular formula is C31H43BrN4O7S. The third-order valence-electron chi connectivity index (χ3n) is 8.94. The third kappa shape index (κ3) is 6.36. The van der Waals surface area contributed by atoms with E-state index in [0.717, 1.165) is 35.2 Å². The summed E-state index contributed by atoms with van der Waals surface area (Å²) in [6.07, 6.45) is 2.65. The topological polar surface area (TPSA) is 111 Å². The van der Waals surface area contributed by atoms with Gasteiger partial charge in [0.1, 0.15) is 11.2 Å². The van der Waals surface area contributed by atoms with Crippen LogP contribution in [0, 0.1) is 11.3 Å². The van der Waals surface area contributed by atoms with Crippen LogP contribution in [-0.4, -0.2) is 118 Å². The number of morpholine rings is 1. The Labute approximate surface area is 268 Å². The molecule has 0 unspecified atom stereocenters. The number of aromatic nitrogens is 1. The number of hydrogen-bond donors (Lipinski definition) is 0. The molecule has 0 spiro atoms. The van der Waals surface area contributed by atoms with Crippen molar-refractivity contribution < 1.29 is 31.7 Å². The number of nitrogens with zero attached hydrogens (tertiary/aromatic N) is 4. The van der Waals surface area contributed by atoms with Gasteiger partial charge in [-0.1, -0.05) is 18.2 Å². The molecule has 44 heavy (non-hydrogen) atoms. The van der Waals surface area contributed by atoms with Crippen LogP contribution in [0.2, 0.25) is 0 Å². The van der Waals surface area contributed by atoms with Crippen LogP contribution in [0.25, 0.3) is 16.5 Å². The van der Waals surface area contributed by atoms with Crippen molar-refractivity contribution in [2.75, 3.05) is 72.7 Å². The lowest BCUT2D eigenvalue weighted by Crippen LogP contribution is -2.47. The van der Waals surface area contributed by atoms with E-state index in [1.165, 1.54) is 3.97 Å². The summed E-state index contributed by atoms with van der Waals surface area (Å²) in [5, 5.41) is 0.820. The zero-order valence-electron chi connectivity index (χ0n) is 26.2. The number of hydrogen-bond acceptors (Lipinski definition) is 9. The first kappa shape index (κ1) is 33.1. The second-order valence-corrected chi connectivity index (χ2v) is 14.5. The average Bonchev–Trinajstić information content (AvgIpc) is 3.30. The standard InChI is InChI=1S/C31H43BrN4O7S/c1-6-35(7-2)29(37)21-17-23-22-9-8-10-25-27(22)24(18-26(23)33(5)19-21)28(32)36(25)44(39,40)43-20-31(3,4)30(38)42-16-13-34-11-14-41-15-12-34/h8-10,17,21,26H,6-7,11-16,18-20H2,1-5H3/t21-,26-/m1/s1. The van der Waals surface area contributed by atoms with E-state index >= 15 is 0 Å². The van der Waals surface area contributed by atoms with Crippen molar-refractivity contribution in [1.82, 2.24) is 18.7 Å². The molecule has 11 nitrogen and oxygen atoms in total. The van der Waals surface area contributed by atoms with Crippen molar-refractivity contribution in [3.8, 4) is 0 Å². The van der Waals surface area contributed by atoms with E-state index in [2.05, 4.69) is 31.8 Å². The lowest BCUT2D eigenvalue weighted by molar-refractivity contribution is -0.156. The van der Waals surface area contributed by atoms with Gasteiger partial charge in [-0.15, -0.1) is 0 Å². The van der Waals surface area contributed by atoms with Gasteiger partial charge >= 0.3 is 16.3 Å². The van der Waals surface area contributed by atoms with Crippen LogP contribution in [0.15, 0.2) is 28.9 Å². The SMILES string of the molecule is CCN(CC)C(=O)[C@@H]1C=C2c3cccc4c3c(c(Br)n4S(=O)(=O)OCC(C)(C)C(=O)OCCN3CCOCC3)C[C@H]2N(C)C1. The second-order valence-electron chi connectivity index (χ2n) is 12.3. The normalized spacial score (nSPS) is 21.2. The highest BCUT2D eigenvalue weighted by molar-refractivity contribution is 9.10. The lowest BCUT2D eigenvalue weighted by atomic mass is 9.79. The molecule has 1 aliphatic carbocycles. The number of halogens is 1. The predicted molar refractivity (Wildman–Crippen MR) is 171 cm³/mol. The van der Waals surface area contributed by atoms with Crippen LogP contribution in [0.5, 0.6) is 0 Å². The third-order valence-corrected chi connectivity index (χ3v) is 11.2. The number of ether oxygens (including phenoxy) is 2. The molecule has 1 amide bonds. The number of likely N-dealkylation sites (N-methyl/N-ethyl adjacent to an activating group) is 1. The van der Waals surface area contributed by atoms with Gasteiger partial charge in [0.15, 0.2) is 0 Å². The fourth-order valence-corrected chi connectivity index (χ4v) is 8.66. The molecule has 13 heteroatoms. The molecule has 3 aliphatic rings. The maximum atomic E-state index is 13.7. The van der Waals surface area contributed by atoms with E-state index in [0.29, 0.717) is 55.9 Å². The summed E-state index contributed by atoms with van der Waals surface area (Å²) in [7, 11) is -2.33. The molecule has 2 atom stereocenters.